The van der Waals surface area contributed by atoms with Gasteiger partial charge in [-0.3, -0.25) is 4.79 Å². The topological polar surface area (TPSA) is 17.1 Å². The average Bonchev–Trinajstić information content (AvgIpc) is 2.05. The predicted octanol–water partition coefficient (Wildman–Crippen LogP) is 3.27. The lowest BCUT2D eigenvalue weighted by Crippen LogP contribution is -1.89. The van der Waals surface area contributed by atoms with Gasteiger partial charge in [-0.2, -0.15) is 0 Å². The zero-order chi connectivity index (χ0) is 9.23. The highest BCUT2D eigenvalue weighted by molar-refractivity contribution is 5.89. The van der Waals surface area contributed by atoms with Crippen molar-refractivity contribution < 1.29 is 4.79 Å². The molecule has 0 aliphatic rings. The Bertz CT molecular complexity index is 156. The summed E-state index contributed by atoms with van der Waals surface area (Å²) in [5.41, 5.74) is 0. The molecular formula is C11H18O. The molecule has 0 saturated carbocycles. The zero-order valence-corrected chi connectivity index (χ0v) is 7.88. The van der Waals surface area contributed by atoms with Crippen LogP contribution < -0.4 is 0 Å². The predicted molar refractivity (Wildman–Crippen MR) is 53.1 cm³/mol. The van der Waals surface area contributed by atoms with Gasteiger partial charge in [0.05, 0.1) is 0 Å². The largest absolute Gasteiger partial charge is 0.295 e. The van der Waals surface area contributed by atoms with Gasteiger partial charge in [-0.05, 0) is 31.8 Å². The minimum absolute atomic E-state index is 0.246. The molecule has 0 atom stereocenters. The fourth-order valence-corrected chi connectivity index (χ4v) is 0.925. The molecule has 0 saturated heterocycles. The highest BCUT2D eigenvalue weighted by Crippen LogP contribution is 1.98. The van der Waals surface area contributed by atoms with E-state index in [-0.39, 0.29) is 5.78 Å². The van der Waals surface area contributed by atoms with Crippen molar-refractivity contribution in [2.75, 3.05) is 0 Å². The van der Waals surface area contributed by atoms with E-state index in [0.29, 0.717) is 6.42 Å². The Morgan fingerprint density at radius 1 is 1.42 bits per heavy atom. The van der Waals surface area contributed by atoms with Crippen LogP contribution in [0.25, 0.3) is 0 Å². The first-order valence-electron chi connectivity index (χ1n) is 4.61. The molecule has 0 aromatic carbocycles. The molecule has 0 spiro atoms. The minimum Gasteiger partial charge on any atom is -0.295 e. The molecule has 0 radical (unpaired) electrons. The normalized spacial score (nSPS) is 10.4. The van der Waals surface area contributed by atoms with E-state index in [1.54, 1.807) is 6.08 Å². The average molecular weight is 166 g/mol. The van der Waals surface area contributed by atoms with Crippen LogP contribution >= 0.6 is 0 Å². The molecule has 12 heavy (non-hydrogen) atoms. The lowest BCUT2D eigenvalue weighted by molar-refractivity contribution is -0.114. The van der Waals surface area contributed by atoms with Crippen LogP contribution in [0.1, 0.15) is 39.0 Å². The smallest absolute Gasteiger partial charge is 0.155 e. The third-order valence-corrected chi connectivity index (χ3v) is 1.58. The highest BCUT2D eigenvalue weighted by atomic mass is 16.1. The van der Waals surface area contributed by atoms with Crippen molar-refractivity contribution in [1.29, 1.82) is 0 Å². The van der Waals surface area contributed by atoms with Gasteiger partial charge >= 0.3 is 0 Å². The second-order valence-electron chi connectivity index (χ2n) is 2.84. The second-order valence-corrected chi connectivity index (χ2v) is 2.84. The first kappa shape index (κ1) is 11.2. The molecule has 0 aliphatic heterocycles. The zero-order valence-electron chi connectivity index (χ0n) is 7.88. The van der Waals surface area contributed by atoms with E-state index < -0.39 is 0 Å². The van der Waals surface area contributed by atoms with Crippen LogP contribution in [0, 0.1) is 0 Å². The maximum absolute atomic E-state index is 11.0. The summed E-state index contributed by atoms with van der Waals surface area (Å²) in [6, 6.07) is 0. The number of ketones is 1. The standard InChI is InChI=1S/C11H18O/c1-3-5-6-7-8-10-11(12)9-4-2/h3,8,10H,1,4-7,9H2,2H3/b10-8+. The summed E-state index contributed by atoms with van der Waals surface area (Å²) in [6.45, 7) is 5.65. The van der Waals surface area contributed by atoms with E-state index in [1.807, 2.05) is 19.1 Å². The van der Waals surface area contributed by atoms with Gasteiger partial charge < -0.3 is 0 Å². The van der Waals surface area contributed by atoms with Crippen LogP contribution in [-0.2, 0) is 4.79 Å². The van der Waals surface area contributed by atoms with Crippen molar-refractivity contribution in [3.63, 3.8) is 0 Å². The Labute approximate surface area is 75.2 Å². The molecule has 68 valence electrons. The monoisotopic (exact) mass is 166 g/mol. The lowest BCUT2D eigenvalue weighted by Gasteiger charge is -1.90. The van der Waals surface area contributed by atoms with Crippen molar-refractivity contribution in [3.8, 4) is 0 Å². The summed E-state index contributed by atoms with van der Waals surface area (Å²) in [7, 11) is 0. The third-order valence-electron chi connectivity index (χ3n) is 1.58. The molecule has 0 bridgehead atoms. The fourth-order valence-electron chi connectivity index (χ4n) is 0.925. The lowest BCUT2D eigenvalue weighted by atomic mass is 10.2. The number of rotatable bonds is 7. The summed E-state index contributed by atoms with van der Waals surface area (Å²) in [5, 5.41) is 0. The Balaban J connectivity index is 3.34. The Kier molecular flexibility index (Phi) is 7.66. The fraction of sp³-hybridized carbons (Fsp3) is 0.545. The number of allylic oxidation sites excluding steroid dienone is 3. The van der Waals surface area contributed by atoms with Gasteiger partial charge in [-0.15, -0.1) is 6.58 Å². The number of hydrogen-bond acceptors (Lipinski definition) is 1. The SMILES string of the molecule is C=CCCC/C=C/C(=O)CCC. The number of carbonyl (C=O) groups is 1. The van der Waals surface area contributed by atoms with Crippen LogP contribution in [0.3, 0.4) is 0 Å². The highest BCUT2D eigenvalue weighted by Gasteiger charge is 1.91. The molecule has 0 aromatic rings. The summed E-state index contributed by atoms with van der Waals surface area (Å²) >= 11 is 0. The molecule has 0 fully saturated rings. The Hall–Kier alpha value is -0.850. The van der Waals surface area contributed by atoms with Crippen molar-refractivity contribution in [1.82, 2.24) is 0 Å². The number of carbonyl (C=O) groups excluding carboxylic acids is 1. The number of hydrogen-bond donors (Lipinski definition) is 0. The molecule has 1 heteroatoms. The first-order valence-corrected chi connectivity index (χ1v) is 4.61. The van der Waals surface area contributed by atoms with E-state index >= 15 is 0 Å². The van der Waals surface area contributed by atoms with Gasteiger partial charge in [0.25, 0.3) is 0 Å². The van der Waals surface area contributed by atoms with Crippen LogP contribution in [0.4, 0.5) is 0 Å². The Morgan fingerprint density at radius 2 is 2.17 bits per heavy atom. The van der Waals surface area contributed by atoms with Crippen molar-refractivity contribution in [3.05, 3.63) is 24.8 Å². The van der Waals surface area contributed by atoms with Crippen molar-refractivity contribution >= 4 is 5.78 Å². The van der Waals surface area contributed by atoms with Gasteiger partial charge in [-0.25, -0.2) is 0 Å². The van der Waals surface area contributed by atoms with E-state index in [2.05, 4.69) is 6.58 Å². The van der Waals surface area contributed by atoms with Crippen LogP contribution in [-0.4, -0.2) is 5.78 Å². The van der Waals surface area contributed by atoms with Crippen LogP contribution in [0.15, 0.2) is 24.8 Å². The first-order chi connectivity index (χ1) is 5.81. The summed E-state index contributed by atoms with van der Waals surface area (Å²) in [6.07, 6.45) is 10.3. The Morgan fingerprint density at radius 3 is 2.75 bits per heavy atom. The molecule has 0 aliphatic carbocycles. The van der Waals surface area contributed by atoms with Crippen molar-refractivity contribution in [2.24, 2.45) is 0 Å². The molecule has 0 aromatic heterocycles. The van der Waals surface area contributed by atoms with Crippen LogP contribution in [0.2, 0.25) is 0 Å². The molecule has 0 N–H and O–H groups in total. The van der Waals surface area contributed by atoms with E-state index in [9.17, 15) is 4.79 Å². The maximum Gasteiger partial charge on any atom is 0.155 e. The molecule has 0 amide bonds. The van der Waals surface area contributed by atoms with Crippen LogP contribution in [0.5, 0.6) is 0 Å². The summed E-state index contributed by atoms with van der Waals surface area (Å²) in [5.74, 6) is 0.246. The molecule has 0 rings (SSSR count). The van der Waals surface area contributed by atoms with E-state index in [4.69, 9.17) is 0 Å². The van der Waals surface area contributed by atoms with E-state index in [0.717, 1.165) is 25.7 Å². The van der Waals surface area contributed by atoms with Gasteiger partial charge in [-0.1, -0.05) is 19.1 Å². The molecule has 0 heterocycles. The minimum atomic E-state index is 0.246. The van der Waals surface area contributed by atoms with Gasteiger partial charge in [0.1, 0.15) is 0 Å². The molecular weight excluding hydrogens is 148 g/mol. The molecule has 1 nitrogen and oxygen atoms in total. The van der Waals surface area contributed by atoms with E-state index in [1.165, 1.54) is 0 Å². The summed E-state index contributed by atoms with van der Waals surface area (Å²) < 4.78 is 0. The second kappa shape index (κ2) is 8.25. The summed E-state index contributed by atoms with van der Waals surface area (Å²) in [4.78, 5) is 11.0. The van der Waals surface area contributed by atoms with Gasteiger partial charge in [0.15, 0.2) is 5.78 Å². The third kappa shape index (κ3) is 7.26. The maximum atomic E-state index is 11.0. The quantitative estimate of drug-likeness (QED) is 0.322. The number of unbranched alkanes of at least 4 members (excludes halogenated alkanes) is 2. The van der Waals surface area contributed by atoms with Gasteiger partial charge in [0, 0.05) is 6.42 Å². The molecule has 0 unspecified atom stereocenters. The van der Waals surface area contributed by atoms with Crippen molar-refractivity contribution in [2.45, 2.75) is 39.0 Å². The van der Waals surface area contributed by atoms with Gasteiger partial charge in [0.2, 0.25) is 0 Å².